The maximum absolute atomic E-state index is 6.01. The molecule has 0 bridgehead atoms. The fraction of sp³-hybridized carbons (Fsp3) is 0.200. The normalized spacial score (nSPS) is 10.8. The van der Waals surface area contributed by atoms with Crippen LogP contribution in [0.1, 0.15) is 12.7 Å². The Kier molecular flexibility index (Phi) is 3.52. The lowest BCUT2D eigenvalue weighted by atomic mass is 10.3. The molecule has 2 rings (SSSR count). The molecule has 0 unspecified atom stereocenters. The Bertz CT molecular complexity index is 525. The van der Waals surface area contributed by atoms with Crippen molar-refractivity contribution < 1.29 is 0 Å². The van der Waals surface area contributed by atoms with E-state index >= 15 is 0 Å². The first-order valence-corrected chi connectivity index (χ1v) is 6.23. The number of rotatable bonds is 2. The summed E-state index contributed by atoms with van der Waals surface area (Å²) in [5.74, 6) is 0.799. The van der Waals surface area contributed by atoms with E-state index in [9.17, 15) is 0 Å². The maximum atomic E-state index is 6.01. The molecule has 0 fully saturated rings. The number of benzene rings is 1. The van der Waals surface area contributed by atoms with Crippen LogP contribution in [0.2, 0.25) is 10.3 Å². The van der Waals surface area contributed by atoms with Crippen molar-refractivity contribution in [2.75, 3.05) is 0 Å². The number of aryl methyl sites for hydroxylation is 1. The summed E-state index contributed by atoms with van der Waals surface area (Å²) in [6.45, 7) is 2.00. The molecule has 3 nitrogen and oxygen atoms in total. The van der Waals surface area contributed by atoms with Crippen LogP contribution in [0.25, 0.3) is 5.69 Å². The molecule has 1 heterocycles. The topological polar surface area (TPSA) is 30.7 Å². The van der Waals surface area contributed by atoms with Crippen LogP contribution in [0.15, 0.2) is 22.7 Å². The molecular weight excluding hydrogens is 313 g/mol. The molecule has 0 aliphatic rings. The Morgan fingerprint density at radius 3 is 2.75 bits per heavy atom. The van der Waals surface area contributed by atoms with Crippen molar-refractivity contribution in [2.45, 2.75) is 13.3 Å². The Balaban J connectivity index is 2.66. The highest BCUT2D eigenvalue weighted by Crippen LogP contribution is 2.28. The van der Waals surface area contributed by atoms with Crippen LogP contribution in [0, 0.1) is 0 Å². The number of halogens is 3. The van der Waals surface area contributed by atoms with Crippen LogP contribution in [0.5, 0.6) is 0 Å². The first-order chi connectivity index (χ1) is 7.63. The summed E-state index contributed by atoms with van der Waals surface area (Å²) in [7, 11) is 0. The summed E-state index contributed by atoms with van der Waals surface area (Å²) in [4.78, 5) is 0. The van der Waals surface area contributed by atoms with E-state index in [2.05, 4.69) is 26.1 Å². The molecule has 0 saturated carbocycles. The molecule has 84 valence electrons. The van der Waals surface area contributed by atoms with Gasteiger partial charge in [0, 0.05) is 15.9 Å². The van der Waals surface area contributed by atoms with Crippen molar-refractivity contribution in [3.63, 3.8) is 0 Å². The molecule has 0 aliphatic carbocycles. The molecular formula is C10H8BrCl2N3. The Morgan fingerprint density at radius 2 is 2.06 bits per heavy atom. The minimum absolute atomic E-state index is 0.333. The third kappa shape index (κ3) is 2.10. The van der Waals surface area contributed by atoms with Gasteiger partial charge in [0.2, 0.25) is 5.28 Å². The summed E-state index contributed by atoms with van der Waals surface area (Å²) < 4.78 is 2.67. The minimum atomic E-state index is 0.333. The van der Waals surface area contributed by atoms with Gasteiger partial charge >= 0.3 is 0 Å². The average Bonchev–Trinajstić information content (AvgIpc) is 2.63. The smallest absolute Gasteiger partial charge is 0.229 e. The molecule has 0 aliphatic heterocycles. The summed E-state index contributed by atoms with van der Waals surface area (Å²) in [6.07, 6.45) is 0.749. The lowest BCUT2D eigenvalue weighted by molar-refractivity contribution is 0.881. The molecule has 0 radical (unpaired) electrons. The van der Waals surface area contributed by atoms with Gasteiger partial charge in [0.1, 0.15) is 5.82 Å². The molecule has 1 aromatic heterocycles. The predicted octanol–water partition coefficient (Wildman–Crippen LogP) is 3.90. The highest BCUT2D eigenvalue weighted by Gasteiger charge is 2.13. The van der Waals surface area contributed by atoms with Crippen LogP contribution in [-0.2, 0) is 6.42 Å². The Hall–Kier alpha value is -0.580. The minimum Gasteiger partial charge on any atom is -0.269 e. The van der Waals surface area contributed by atoms with Gasteiger partial charge in [-0.2, -0.15) is 0 Å². The fourth-order valence-corrected chi connectivity index (χ4v) is 2.24. The summed E-state index contributed by atoms with van der Waals surface area (Å²) in [6, 6.07) is 5.49. The Labute approximate surface area is 112 Å². The van der Waals surface area contributed by atoms with Gasteiger partial charge in [-0.05, 0) is 45.7 Å². The van der Waals surface area contributed by atoms with E-state index in [1.165, 1.54) is 0 Å². The highest BCUT2D eigenvalue weighted by atomic mass is 79.9. The van der Waals surface area contributed by atoms with Crippen LogP contribution in [0.4, 0.5) is 0 Å². The number of hydrogen-bond acceptors (Lipinski definition) is 2. The molecule has 0 N–H and O–H groups in total. The third-order valence-corrected chi connectivity index (χ3v) is 3.31. The van der Waals surface area contributed by atoms with Crippen LogP contribution in [0.3, 0.4) is 0 Å². The zero-order chi connectivity index (χ0) is 11.7. The van der Waals surface area contributed by atoms with E-state index in [1.807, 2.05) is 19.1 Å². The van der Waals surface area contributed by atoms with Crippen LogP contribution >= 0.6 is 39.1 Å². The summed E-state index contributed by atoms with van der Waals surface area (Å²) in [5.41, 5.74) is 0.847. The van der Waals surface area contributed by atoms with Gasteiger partial charge in [0.15, 0.2) is 0 Å². The van der Waals surface area contributed by atoms with E-state index in [1.54, 1.807) is 10.6 Å². The standard InChI is InChI=1S/C10H8BrCl2N3/c1-2-9-14-15-10(13)16(9)8-5-6(12)3-4-7(8)11/h3-5H,2H2,1H3. The van der Waals surface area contributed by atoms with Crippen molar-refractivity contribution in [2.24, 2.45) is 0 Å². The van der Waals surface area contributed by atoms with Gasteiger partial charge in [0.05, 0.1) is 5.69 Å². The van der Waals surface area contributed by atoms with E-state index in [0.717, 1.165) is 22.4 Å². The maximum Gasteiger partial charge on any atom is 0.229 e. The molecule has 2 aromatic rings. The summed E-state index contributed by atoms with van der Waals surface area (Å²) >= 11 is 15.4. The lowest BCUT2D eigenvalue weighted by Gasteiger charge is -2.09. The van der Waals surface area contributed by atoms with Crippen LogP contribution in [-0.4, -0.2) is 14.8 Å². The highest BCUT2D eigenvalue weighted by molar-refractivity contribution is 9.10. The SMILES string of the molecule is CCc1nnc(Cl)n1-c1cc(Cl)ccc1Br. The molecule has 0 amide bonds. The fourth-order valence-electron chi connectivity index (χ4n) is 1.42. The first kappa shape index (κ1) is 11.9. The Morgan fingerprint density at radius 1 is 1.31 bits per heavy atom. The zero-order valence-corrected chi connectivity index (χ0v) is 11.5. The van der Waals surface area contributed by atoms with Crippen molar-refractivity contribution in [3.8, 4) is 5.69 Å². The molecule has 0 spiro atoms. The number of aromatic nitrogens is 3. The van der Waals surface area contributed by atoms with Gasteiger partial charge in [-0.3, -0.25) is 4.57 Å². The van der Waals surface area contributed by atoms with Gasteiger partial charge < -0.3 is 0 Å². The van der Waals surface area contributed by atoms with Crippen molar-refractivity contribution in [1.29, 1.82) is 0 Å². The molecule has 1 aromatic carbocycles. The summed E-state index contributed by atoms with van der Waals surface area (Å²) in [5, 5.41) is 8.82. The lowest BCUT2D eigenvalue weighted by Crippen LogP contribution is -2.01. The second kappa shape index (κ2) is 4.73. The number of nitrogens with zero attached hydrogens (tertiary/aromatic N) is 3. The monoisotopic (exact) mass is 319 g/mol. The third-order valence-electron chi connectivity index (χ3n) is 2.16. The van der Waals surface area contributed by atoms with E-state index in [-0.39, 0.29) is 0 Å². The van der Waals surface area contributed by atoms with Crippen LogP contribution < -0.4 is 0 Å². The van der Waals surface area contributed by atoms with Gasteiger partial charge in [-0.25, -0.2) is 0 Å². The quantitative estimate of drug-likeness (QED) is 0.840. The predicted molar refractivity (Wildman–Crippen MR) is 68.5 cm³/mol. The van der Waals surface area contributed by atoms with E-state index < -0.39 is 0 Å². The van der Waals surface area contributed by atoms with Gasteiger partial charge in [-0.15, -0.1) is 10.2 Å². The second-order valence-corrected chi connectivity index (χ2v) is 4.80. The number of hydrogen-bond donors (Lipinski definition) is 0. The molecule has 0 atom stereocenters. The zero-order valence-electron chi connectivity index (χ0n) is 8.41. The largest absolute Gasteiger partial charge is 0.269 e. The van der Waals surface area contributed by atoms with Gasteiger partial charge in [-0.1, -0.05) is 18.5 Å². The van der Waals surface area contributed by atoms with Gasteiger partial charge in [0.25, 0.3) is 0 Å². The molecule has 16 heavy (non-hydrogen) atoms. The average molecular weight is 321 g/mol. The van der Waals surface area contributed by atoms with Crippen molar-refractivity contribution in [1.82, 2.24) is 14.8 Å². The first-order valence-electron chi connectivity index (χ1n) is 4.68. The molecule has 6 heteroatoms. The van der Waals surface area contributed by atoms with E-state index in [0.29, 0.717) is 10.3 Å². The van der Waals surface area contributed by atoms with E-state index in [4.69, 9.17) is 23.2 Å². The van der Waals surface area contributed by atoms with Crippen molar-refractivity contribution in [3.05, 3.63) is 38.8 Å². The second-order valence-electron chi connectivity index (χ2n) is 3.17. The molecule has 0 saturated heterocycles. The van der Waals surface area contributed by atoms with Crippen molar-refractivity contribution >= 4 is 39.1 Å².